The molecule has 0 fully saturated rings. The number of hydrazine groups is 1. The lowest BCUT2D eigenvalue weighted by atomic mass is 10.1. The normalized spacial score (nSPS) is 10.5. The predicted molar refractivity (Wildman–Crippen MR) is 70.8 cm³/mol. The number of hydrogen-bond acceptors (Lipinski definition) is 4. The topological polar surface area (TPSA) is 72.9 Å². The Morgan fingerprint density at radius 2 is 2.37 bits per heavy atom. The molecule has 0 aliphatic heterocycles. The minimum Gasteiger partial charge on any atom is -0.329 e. The fraction of sp³-hybridized carbons (Fsp3) is 0.167. The van der Waals surface area contributed by atoms with E-state index in [2.05, 4.69) is 4.98 Å². The Morgan fingerprint density at radius 1 is 1.58 bits per heavy atom. The number of aromatic nitrogens is 2. The van der Waals surface area contributed by atoms with Crippen LogP contribution in [0.4, 0.5) is 4.39 Å². The third-order valence-corrected chi connectivity index (χ3v) is 3.68. The van der Waals surface area contributed by atoms with Crippen LogP contribution < -0.4 is 11.3 Å². The third-order valence-electron chi connectivity index (χ3n) is 2.57. The largest absolute Gasteiger partial charge is 0.329 e. The third kappa shape index (κ3) is 3.12. The van der Waals surface area contributed by atoms with Gasteiger partial charge >= 0.3 is 0 Å². The van der Waals surface area contributed by atoms with E-state index >= 15 is 0 Å². The van der Waals surface area contributed by atoms with Crippen molar-refractivity contribution < 1.29 is 9.18 Å². The molecule has 0 saturated carbocycles. The molecule has 0 radical (unpaired) electrons. The molecule has 2 aromatic rings. The lowest BCUT2D eigenvalue weighted by molar-refractivity contribution is 0.0953. The molecular formula is C12H13FN4OS. The van der Waals surface area contributed by atoms with E-state index in [1.807, 2.05) is 23.2 Å². The molecule has 100 valence electrons. The second-order valence-electron chi connectivity index (χ2n) is 3.89. The van der Waals surface area contributed by atoms with Gasteiger partial charge in [0.05, 0.1) is 0 Å². The molecule has 0 unspecified atom stereocenters. The van der Waals surface area contributed by atoms with Crippen molar-refractivity contribution in [3.8, 4) is 0 Å². The van der Waals surface area contributed by atoms with Gasteiger partial charge in [-0.15, -0.1) is 0 Å². The van der Waals surface area contributed by atoms with E-state index in [0.717, 1.165) is 5.16 Å². The Kier molecular flexibility index (Phi) is 4.18. The van der Waals surface area contributed by atoms with Crippen molar-refractivity contribution in [1.82, 2.24) is 15.0 Å². The van der Waals surface area contributed by atoms with E-state index in [4.69, 9.17) is 5.84 Å². The molecule has 5 nitrogen and oxygen atoms in total. The highest BCUT2D eigenvalue weighted by molar-refractivity contribution is 7.98. The van der Waals surface area contributed by atoms with Crippen LogP contribution in [0.25, 0.3) is 0 Å². The van der Waals surface area contributed by atoms with Crippen LogP contribution in [-0.4, -0.2) is 15.5 Å². The van der Waals surface area contributed by atoms with Crippen LogP contribution in [0.1, 0.15) is 15.9 Å². The van der Waals surface area contributed by atoms with E-state index in [1.165, 1.54) is 30.0 Å². The first-order chi connectivity index (χ1) is 9.11. The monoisotopic (exact) mass is 280 g/mol. The molecule has 19 heavy (non-hydrogen) atoms. The summed E-state index contributed by atoms with van der Waals surface area (Å²) in [6, 6.07) is 4.15. The first-order valence-corrected chi connectivity index (χ1v) is 6.50. The SMILES string of the molecule is Cn1ccnc1SCc1cc(C(=O)NN)ccc1F. The number of rotatable bonds is 4. The summed E-state index contributed by atoms with van der Waals surface area (Å²) in [5, 5.41) is 0.785. The van der Waals surface area contributed by atoms with Gasteiger partial charge in [-0.25, -0.2) is 15.2 Å². The second kappa shape index (κ2) is 5.85. The minimum absolute atomic E-state index is 0.333. The van der Waals surface area contributed by atoms with E-state index in [1.54, 1.807) is 6.20 Å². The number of nitrogens with two attached hydrogens (primary N) is 1. The number of aryl methyl sites for hydroxylation is 1. The van der Waals surface area contributed by atoms with Crippen molar-refractivity contribution in [3.05, 3.63) is 47.5 Å². The molecule has 1 aromatic heterocycles. The number of hydrogen-bond donors (Lipinski definition) is 2. The fourth-order valence-corrected chi connectivity index (χ4v) is 2.45. The number of nitrogens with zero attached hydrogens (tertiary/aromatic N) is 2. The van der Waals surface area contributed by atoms with Crippen molar-refractivity contribution in [3.63, 3.8) is 0 Å². The number of imidazole rings is 1. The quantitative estimate of drug-likeness (QED) is 0.385. The molecule has 0 aliphatic carbocycles. The highest BCUT2D eigenvalue weighted by Crippen LogP contribution is 2.23. The summed E-state index contributed by atoms with van der Waals surface area (Å²) >= 11 is 1.40. The van der Waals surface area contributed by atoms with E-state index < -0.39 is 5.91 Å². The van der Waals surface area contributed by atoms with Gasteiger partial charge in [-0.3, -0.25) is 10.2 Å². The summed E-state index contributed by atoms with van der Waals surface area (Å²) in [4.78, 5) is 15.5. The highest BCUT2D eigenvalue weighted by atomic mass is 32.2. The molecule has 0 spiro atoms. The Labute approximate surface area is 114 Å². The molecule has 0 saturated heterocycles. The number of carbonyl (C=O) groups is 1. The number of nitrogen functional groups attached to an aromatic ring is 1. The van der Waals surface area contributed by atoms with Crippen molar-refractivity contribution in [2.45, 2.75) is 10.9 Å². The number of nitrogens with one attached hydrogen (secondary N) is 1. The van der Waals surface area contributed by atoms with Crippen molar-refractivity contribution in [2.24, 2.45) is 12.9 Å². The zero-order valence-corrected chi connectivity index (χ0v) is 11.1. The molecular weight excluding hydrogens is 267 g/mol. The Hall–Kier alpha value is -1.86. The minimum atomic E-state index is -0.441. The van der Waals surface area contributed by atoms with Gasteiger partial charge in [0.1, 0.15) is 5.82 Å². The van der Waals surface area contributed by atoms with Gasteiger partial charge in [0.25, 0.3) is 5.91 Å². The average molecular weight is 280 g/mol. The number of amides is 1. The smallest absolute Gasteiger partial charge is 0.265 e. The van der Waals surface area contributed by atoms with Crippen LogP contribution in [0.3, 0.4) is 0 Å². The molecule has 3 N–H and O–H groups in total. The molecule has 1 heterocycles. The van der Waals surface area contributed by atoms with Crippen LogP contribution >= 0.6 is 11.8 Å². The summed E-state index contributed by atoms with van der Waals surface area (Å²) in [6.07, 6.45) is 3.49. The summed E-state index contributed by atoms with van der Waals surface area (Å²) in [7, 11) is 1.87. The molecule has 1 aromatic carbocycles. The van der Waals surface area contributed by atoms with E-state index in [0.29, 0.717) is 16.9 Å². The van der Waals surface area contributed by atoms with E-state index in [9.17, 15) is 9.18 Å². The van der Waals surface area contributed by atoms with Crippen LogP contribution in [0.2, 0.25) is 0 Å². The predicted octanol–water partition coefficient (Wildman–Crippen LogP) is 1.46. The van der Waals surface area contributed by atoms with Gasteiger partial charge in [-0.05, 0) is 23.8 Å². The van der Waals surface area contributed by atoms with Gasteiger partial charge in [0, 0.05) is 30.8 Å². The molecule has 7 heteroatoms. The first-order valence-electron chi connectivity index (χ1n) is 5.51. The maximum Gasteiger partial charge on any atom is 0.265 e. The Morgan fingerprint density at radius 3 is 3.00 bits per heavy atom. The summed E-state index contributed by atoms with van der Waals surface area (Å²) in [6.45, 7) is 0. The van der Waals surface area contributed by atoms with Gasteiger partial charge in [0.2, 0.25) is 0 Å². The highest BCUT2D eigenvalue weighted by Gasteiger charge is 2.10. The van der Waals surface area contributed by atoms with Crippen molar-refractivity contribution >= 4 is 17.7 Å². The Balaban J connectivity index is 2.15. The zero-order valence-electron chi connectivity index (χ0n) is 10.3. The van der Waals surface area contributed by atoms with Crippen molar-refractivity contribution in [2.75, 3.05) is 0 Å². The number of carbonyl (C=O) groups excluding carboxylic acids is 1. The van der Waals surface area contributed by atoms with Gasteiger partial charge in [-0.2, -0.15) is 0 Å². The lowest BCUT2D eigenvalue weighted by Crippen LogP contribution is -2.30. The maximum atomic E-state index is 13.7. The van der Waals surface area contributed by atoms with E-state index in [-0.39, 0.29) is 5.82 Å². The molecule has 0 bridgehead atoms. The summed E-state index contributed by atoms with van der Waals surface area (Å²) in [5.41, 5.74) is 2.79. The summed E-state index contributed by atoms with van der Waals surface area (Å²) < 4.78 is 15.5. The second-order valence-corrected chi connectivity index (χ2v) is 4.83. The van der Waals surface area contributed by atoms with Crippen LogP contribution in [0.5, 0.6) is 0 Å². The first kappa shape index (κ1) is 13.6. The molecule has 1 amide bonds. The standard InChI is InChI=1S/C12H13FN4OS/c1-17-5-4-15-12(17)19-7-9-6-8(11(18)16-14)2-3-10(9)13/h2-6H,7,14H2,1H3,(H,16,18). The zero-order chi connectivity index (χ0) is 13.8. The Bertz CT molecular complexity index is 599. The number of thioether (sulfide) groups is 1. The van der Waals surface area contributed by atoms with Crippen LogP contribution in [0, 0.1) is 5.82 Å². The number of benzene rings is 1. The summed E-state index contributed by atoms with van der Waals surface area (Å²) in [5.74, 6) is 4.65. The van der Waals surface area contributed by atoms with Crippen molar-refractivity contribution in [1.29, 1.82) is 0 Å². The maximum absolute atomic E-state index is 13.7. The molecule has 0 aliphatic rings. The molecule has 2 rings (SSSR count). The van der Waals surface area contributed by atoms with Gasteiger partial charge in [-0.1, -0.05) is 11.8 Å². The average Bonchev–Trinajstić information content (AvgIpc) is 2.82. The lowest BCUT2D eigenvalue weighted by Gasteiger charge is -2.06. The van der Waals surface area contributed by atoms with Crippen LogP contribution in [-0.2, 0) is 12.8 Å². The van der Waals surface area contributed by atoms with Gasteiger partial charge in [0.15, 0.2) is 5.16 Å². The fourth-order valence-electron chi connectivity index (χ4n) is 1.54. The van der Waals surface area contributed by atoms with Crippen LogP contribution in [0.15, 0.2) is 35.7 Å². The molecule has 0 atom stereocenters. The number of halogens is 1. The van der Waals surface area contributed by atoms with Gasteiger partial charge < -0.3 is 4.57 Å².